The molecule has 0 aromatic heterocycles. The molecular formula is C17H32O6. The fraction of sp³-hybridized carbons (Fsp3) is 1.00. The molecule has 0 aromatic carbocycles. The van der Waals surface area contributed by atoms with E-state index in [0.717, 1.165) is 0 Å². The van der Waals surface area contributed by atoms with Gasteiger partial charge in [-0.25, -0.2) is 0 Å². The summed E-state index contributed by atoms with van der Waals surface area (Å²) in [5.74, 6) is -1.90. The fourth-order valence-electron chi connectivity index (χ4n) is 2.81. The van der Waals surface area contributed by atoms with Crippen LogP contribution < -0.4 is 0 Å². The van der Waals surface area contributed by atoms with Crippen LogP contribution in [0, 0.1) is 5.41 Å². The number of rotatable bonds is 6. The monoisotopic (exact) mass is 332 g/mol. The molecule has 2 rings (SSSR count). The van der Waals surface area contributed by atoms with Gasteiger partial charge < -0.3 is 28.4 Å². The summed E-state index contributed by atoms with van der Waals surface area (Å²) >= 11 is 0. The van der Waals surface area contributed by atoms with Gasteiger partial charge in [0.1, 0.15) is 0 Å². The molecule has 136 valence electrons. The van der Waals surface area contributed by atoms with Gasteiger partial charge in [0.2, 0.25) is 0 Å². The molecule has 2 aliphatic heterocycles. The molecule has 0 radical (unpaired) electrons. The lowest BCUT2D eigenvalue weighted by Crippen LogP contribution is -2.60. The summed E-state index contributed by atoms with van der Waals surface area (Å²) in [5, 5.41) is 0. The van der Waals surface area contributed by atoms with E-state index in [-0.39, 0.29) is 17.6 Å². The van der Waals surface area contributed by atoms with E-state index in [1.54, 1.807) is 0 Å². The molecule has 0 saturated carbocycles. The van der Waals surface area contributed by atoms with Gasteiger partial charge in [-0.15, -0.1) is 0 Å². The molecule has 0 aromatic rings. The molecule has 2 saturated heterocycles. The first-order chi connectivity index (χ1) is 10.8. The van der Waals surface area contributed by atoms with Crippen LogP contribution in [-0.2, 0) is 28.4 Å². The molecule has 2 aliphatic rings. The Balaban J connectivity index is 1.95. The second kappa shape index (κ2) is 7.33. The highest BCUT2D eigenvalue weighted by molar-refractivity contribution is 4.87. The van der Waals surface area contributed by atoms with Crippen molar-refractivity contribution in [1.29, 1.82) is 0 Å². The normalized spacial score (nSPS) is 38.6. The summed E-state index contributed by atoms with van der Waals surface area (Å²) < 4.78 is 35.5. The summed E-state index contributed by atoms with van der Waals surface area (Å²) in [6, 6.07) is 0. The topological polar surface area (TPSA) is 55.4 Å². The minimum Gasteiger partial charge on any atom is -0.327 e. The minimum absolute atomic E-state index is 0.0371. The maximum absolute atomic E-state index is 5.96. The Bertz CT molecular complexity index is 326. The van der Waals surface area contributed by atoms with Crippen LogP contribution in [-0.4, -0.2) is 50.6 Å². The van der Waals surface area contributed by atoms with E-state index in [0.29, 0.717) is 39.3 Å². The maximum atomic E-state index is 5.96. The molecule has 23 heavy (non-hydrogen) atoms. The van der Waals surface area contributed by atoms with Crippen LogP contribution in [0.15, 0.2) is 0 Å². The van der Waals surface area contributed by atoms with Gasteiger partial charge in [0.05, 0.1) is 44.1 Å². The van der Waals surface area contributed by atoms with Crippen molar-refractivity contribution >= 4 is 0 Å². The summed E-state index contributed by atoms with van der Waals surface area (Å²) in [6.07, 6.45) is 1.35. The van der Waals surface area contributed by atoms with Gasteiger partial charge in [0.25, 0.3) is 11.9 Å². The van der Waals surface area contributed by atoms with Gasteiger partial charge in [-0.2, -0.15) is 0 Å². The Labute approximate surface area is 139 Å². The van der Waals surface area contributed by atoms with Crippen molar-refractivity contribution in [2.24, 2.45) is 5.41 Å². The van der Waals surface area contributed by atoms with Crippen LogP contribution in [0.4, 0.5) is 0 Å². The molecule has 0 atom stereocenters. The van der Waals surface area contributed by atoms with Crippen molar-refractivity contribution in [1.82, 2.24) is 0 Å². The van der Waals surface area contributed by atoms with Crippen molar-refractivity contribution in [3.63, 3.8) is 0 Å². The molecule has 2 fully saturated rings. The highest BCUT2D eigenvalue weighted by Gasteiger charge is 2.51. The van der Waals surface area contributed by atoms with Crippen LogP contribution in [0.25, 0.3) is 0 Å². The van der Waals surface area contributed by atoms with E-state index in [1.807, 2.05) is 41.5 Å². The zero-order chi connectivity index (χ0) is 17.1. The van der Waals surface area contributed by atoms with Crippen LogP contribution >= 0.6 is 0 Å². The highest BCUT2D eigenvalue weighted by Crippen LogP contribution is 2.40. The third-order valence-corrected chi connectivity index (χ3v) is 4.09. The third kappa shape index (κ3) is 4.44. The predicted molar refractivity (Wildman–Crippen MR) is 84.7 cm³/mol. The Morgan fingerprint density at radius 3 is 1.22 bits per heavy atom. The Morgan fingerprint density at radius 1 is 0.696 bits per heavy atom. The van der Waals surface area contributed by atoms with Crippen molar-refractivity contribution in [3.05, 3.63) is 0 Å². The second-order valence-corrected chi connectivity index (χ2v) is 7.06. The lowest BCUT2D eigenvalue weighted by molar-refractivity contribution is -0.471. The average Bonchev–Trinajstić information content (AvgIpc) is 2.52. The average molecular weight is 332 g/mol. The number of hydrogen-bond acceptors (Lipinski definition) is 6. The second-order valence-electron chi connectivity index (χ2n) is 7.06. The Morgan fingerprint density at radius 2 is 1.00 bits per heavy atom. The number of hydrogen-bond donors (Lipinski definition) is 0. The van der Waals surface area contributed by atoms with Crippen LogP contribution in [0.2, 0.25) is 0 Å². The fourth-order valence-corrected chi connectivity index (χ4v) is 2.81. The lowest BCUT2D eigenvalue weighted by atomic mass is 9.90. The zero-order valence-corrected chi connectivity index (χ0v) is 15.3. The van der Waals surface area contributed by atoms with Crippen molar-refractivity contribution in [3.8, 4) is 0 Å². The van der Waals surface area contributed by atoms with Crippen LogP contribution in [0.1, 0.15) is 54.4 Å². The summed E-state index contributed by atoms with van der Waals surface area (Å²) in [6.45, 7) is 13.8. The first-order valence-electron chi connectivity index (χ1n) is 8.70. The molecular weight excluding hydrogens is 300 g/mol. The predicted octanol–water partition coefficient (Wildman–Crippen LogP) is 3.04. The highest BCUT2D eigenvalue weighted by atomic mass is 16.9. The van der Waals surface area contributed by atoms with Gasteiger partial charge in [0, 0.05) is 12.8 Å². The van der Waals surface area contributed by atoms with Crippen LogP contribution in [0.5, 0.6) is 0 Å². The largest absolute Gasteiger partial charge is 0.327 e. The van der Waals surface area contributed by atoms with Crippen molar-refractivity contribution in [2.75, 3.05) is 26.4 Å². The van der Waals surface area contributed by atoms with E-state index in [2.05, 4.69) is 0 Å². The van der Waals surface area contributed by atoms with Gasteiger partial charge in [-0.3, -0.25) is 0 Å². The van der Waals surface area contributed by atoms with E-state index in [4.69, 9.17) is 28.4 Å². The van der Waals surface area contributed by atoms with E-state index < -0.39 is 11.9 Å². The lowest BCUT2D eigenvalue weighted by Gasteiger charge is -2.50. The molecule has 0 bridgehead atoms. The first-order valence-corrected chi connectivity index (χ1v) is 8.70. The van der Waals surface area contributed by atoms with E-state index >= 15 is 0 Å². The van der Waals surface area contributed by atoms with Gasteiger partial charge in [0.15, 0.2) is 0 Å². The molecule has 1 spiro atoms. The first kappa shape index (κ1) is 19.1. The smallest absolute Gasteiger partial charge is 0.282 e. The SMILES string of the molecule is CCC1(OC(C)C)OCC2(CO1)COC(CC)(OC(C)C)OC2. The molecule has 0 unspecified atom stereocenters. The summed E-state index contributed by atoms with van der Waals surface area (Å²) in [5.41, 5.74) is -0.308. The third-order valence-electron chi connectivity index (χ3n) is 4.09. The quantitative estimate of drug-likeness (QED) is 0.745. The van der Waals surface area contributed by atoms with E-state index in [1.165, 1.54) is 0 Å². The Hall–Kier alpha value is -0.240. The number of ether oxygens (including phenoxy) is 6. The molecule has 0 N–H and O–H groups in total. The van der Waals surface area contributed by atoms with Gasteiger partial charge in [-0.1, -0.05) is 13.8 Å². The van der Waals surface area contributed by atoms with Crippen molar-refractivity contribution in [2.45, 2.75) is 78.5 Å². The van der Waals surface area contributed by atoms with E-state index in [9.17, 15) is 0 Å². The molecule has 6 heteroatoms. The van der Waals surface area contributed by atoms with Gasteiger partial charge in [-0.05, 0) is 27.7 Å². The molecule has 0 amide bonds. The van der Waals surface area contributed by atoms with Gasteiger partial charge >= 0.3 is 0 Å². The molecule has 2 heterocycles. The molecule has 6 nitrogen and oxygen atoms in total. The standard InChI is InChI=1S/C17H32O6/c1-7-16(22-13(3)4)18-9-15(10-19-16)11-20-17(8-2,21-12-15)23-14(5)6/h13-14H,7-12H2,1-6H3. The Kier molecular flexibility index (Phi) is 6.09. The van der Waals surface area contributed by atoms with Crippen molar-refractivity contribution < 1.29 is 28.4 Å². The summed E-state index contributed by atoms with van der Waals surface area (Å²) in [7, 11) is 0. The zero-order valence-electron chi connectivity index (χ0n) is 15.3. The minimum atomic E-state index is -0.951. The summed E-state index contributed by atoms with van der Waals surface area (Å²) in [4.78, 5) is 0. The maximum Gasteiger partial charge on any atom is 0.282 e. The molecule has 0 aliphatic carbocycles. The van der Waals surface area contributed by atoms with Crippen LogP contribution in [0.3, 0.4) is 0 Å².